The minimum Gasteiger partial charge on any atom is -0.341 e. The molecule has 0 bridgehead atoms. The Labute approximate surface area is 112 Å². The van der Waals surface area contributed by atoms with Gasteiger partial charge in [0.2, 0.25) is 5.95 Å². The summed E-state index contributed by atoms with van der Waals surface area (Å²) >= 11 is 0. The average molecular weight is 268 g/mol. The van der Waals surface area contributed by atoms with Crippen LogP contribution >= 0.6 is 12.4 Å². The van der Waals surface area contributed by atoms with Crippen LogP contribution in [0.4, 0.5) is 5.95 Å². The van der Waals surface area contributed by atoms with Gasteiger partial charge in [-0.05, 0) is 31.5 Å². The van der Waals surface area contributed by atoms with Crippen molar-refractivity contribution >= 4 is 29.5 Å². The van der Waals surface area contributed by atoms with Crippen LogP contribution in [0.1, 0.15) is 12.8 Å². The Morgan fingerprint density at radius 2 is 2.33 bits per heavy atom. The Balaban J connectivity index is 0.00000120. The zero-order chi connectivity index (χ0) is 11.7. The predicted octanol–water partition coefficient (Wildman–Crippen LogP) is 1.57. The van der Waals surface area contributed by atoms with Gasteiger partial charge in [-0.3, -0.25) is 0 Å². The number of likely N-dealkylation sites (N-methyl/N-ethyl adjacent to an activating group) is 1. The first kappa shape index (κ1) is 13.1. The van der Waals surface area contributed by atoms with E-state index in [4.69, 9.17) is 0 Å². The number of piperidine rings is 1. The SMILES string of the molecule is CN(c1nc2ncccc2[nH]1)[C@H]1CCCNC1.Cl. The third-order valence-electron chi connectivity index (χ3n) is 3.40. The van der Waals surface area contributed by atoms with E-state index >= 15 is 0 Å². The van der Waals surface area contributed by atoms with Crippen LogP contribution < -0.4 is 10.2 Å². The molecule has 18 heavy (non-hydrogen) atoms. The van der Waals surface area contributed by atoms with Crippen LogP contribution in [0.25, 0.3) is 11.2 Å². The molecular weight excluding hydrogens is 250 g/mol. The first-order chi connectivity index (χ1) is 8.34. The van der Waals surface area contributed by atoms with Crippen molar-refractivity contribution in [3.8, 4) is 0 Å². The number of nitrogens with one attached hydrogen (secondary N) is 2. The molecule has 2 N–H and O–H groups in total. The molecule has 1 aliphatic heterocycles. The molecule has 0 aliphatic carbocycles. The highest BCUT2D eigenvalue weighted by Gasteiger charge is 2.20. The maximum absolute atomic E-state index is 4.52. The summed E-state index contributed by atoms with van der Waals surface area (Å²) in [6.45, 7) is 2.16. The summed E-state index contributed by atoms with van der Waals surface area (Å²) in [6.07, 6.45) is 4.22. The highest BCUT2D eigenvalue weighted by atomic mass is 35.5. The molecule has 1 aliphatic rings. The number of aromatic nitrogens is 3. The van der Waals surface area contributed by atoms with Crippen molar-refractivity contribution in [3.63, 3.8) is 0 Å². The monoisotopic (exact) mass is 267 g/mol. The number of hydrogen-bond donors (Lipinski definition) is 2. The molecule has 3 rings (SSSR count). The van der Waals surface area contributed by atoms with Crippen LogP contribution in [0.3, 0.4) is 0 Å². The lowest BCUT2D eigenvalue weighted by molar-refractivity contribution is 0.442. The quantitative estimate of drug-likeness (QED) is 0.867. The van der Waals surface area contributed by atoms with Gasteiger partial charge in [-0.25, -0.2) is 4.98 Å². The molecule has 0 unspecified atom stereocenters. The Bertz CT molecular complexity index is 473. The minimum absolute atomic E-state index is 0. The van der Waals surface area contributed by atoms with Crippen molar-refractivity contribution in [1.29, 1.82) is 0 Å². The molecule has 1 saturated heterocycles. The number of aromatic amines is 1. The van der Waals surface area contributed by atoms with Gasteiger partial charge in [0, 0.05) is 25.8 Å². The number of rotatable bonds is 2. The fourth-order valence-electron chi connectivity index (χ4n) is 2.34. The van der Waals surface area contributed by atoms with Gasteiger partial charge in [0.25, 0.3) is 0 Å². The maximum Gasteiger partial charge on any atom is 0.205 e. The number of H-pyrrole nitrogens is 1. The molecule has 5 nitrogen and oxygen atoms in total. The van der Waals surface area contributed by atoms with E-state index in [2.05, 4.69) is 32.2 Å². The van der Waals surface area contributed by atoms with Gasteiger partial charge in [-0.1, -0.05) is 0 Å². The number of halogens is 1. The van der Waals surface area contributed by atoms with E-state index in [-0.39, 0.29) is 12.4 Å². The predicted molar refractivity (Wildman–Crippen MR) is 75.4 cm³/mol. The number of nitrogens with zero attached hydrogens (tertiary/aromatic N) is 3. The topological polar surface area (TPSA) is 56.8 Å². The van der Waals surface area contributed by atoms with E-state index in [9.17, 15) is 0 Å². The third-order valence-corrected chi connectivity index (χ3v) is 3.40. The van der Waals surface area contributed by atoms with E-state index in [1.165, 1.54) is 12.8 Å². The summed E-state index contributed by atoms with van der Waals surface area (Å²) in [7, 11) is 2.09. The highest BCUT2D eigenvalue weighted by Crippen LogP contribution is 2.18. The lowest BCUT2D eigenvalue weighted by Gasteiger charge is -2.31. The smallest absolute Gasteiger partial charge is 0.205 e. The summed E-state index contributed by atoms with van der Waals surface area (Å²) in [5.74, 6) is 0.910. The number of imidazole rings is 1. The van der Waals surface area contributed by atoms with Crippen molar-refractivity contribution in [2.24, 2.45) is 0 Å². The zero-order valence-corrected chi connectivity index (χ0v) is 11.2. The maximum atomic E-state index is 4.52. The Kier molecular flexibility index (Phi) is 4.04. The second-order valence-corrected chi connectivity index (χ2v) is 4.55. The summed E-state index contributed by atoms with van der Waals surface area (Å²) in [5.41, 5.74) is 1.79. The molecule has 6 heteroatoms. The molecule has 0 radical (unpaired) electrons. The van der Waals surface area contributed by atoms with Crippen molar-refractivity contribution in [2.45, 2.75) is 18.9 Å². The van der Waals surface area contributed by atoms with Crippen LogP contribution in [-0.2, 0) is 0 Å². The number of hydrogen-bond acceptors (Lipinski definition) is 4. The van der Waals surface area contributed by atoms with E-state index in [1.54, 1.807) is 6.20 Å². The van der Waals surface area contributed by atoms with Crippen molar-refractivity contribution in [2.75, 3.05) is 25.0 Å². The molecule has 2 aromatic rings. The first-order valence-electron chi connectivity index (χ1n) is 6.09. The van der Waals surface area contributed by atoms with Crippen LogP contribution in [0, 0.1) is 0 Å². The summed E-state index contributed by atoms with van der Waals surface area (Å²) in [4.78, 5) is 14.3. The Morgan fingerprint density at radius 1 is 1.44 bits per heavy atom. The Hall–Kier alpha value is -1.33. The molecule has 98 valence electrons. The van der Waals surface area contributed by atoms with Gasteiger partial charge in [0.1, 0.15) is 0 Å². The minimum atomic E-state index is 0. The van der Waals surface area contributed by atoms with Gasteiger partial charge in [0.05, 0.1) is 5.52 Å². The molecular formula is C12H18ClN5. The zero-order valence-electron chi connectivity index (χ0n) is 10.4. The van der Waals surface area contributed by atoms with Crippen LogP contribution in [-0.4, -0.2) is 41.1 Å². The van der Waals surface area contributed by atoms with E-state index in [0.717, 1.165) is 30.2 Å². The first-order valence-corrected chi connectivity index (χ1v) is 6.09. The van der Waals surface area contributed by atoms with Crippen LogP contribution in [0.15, 0.2) is 18.3 Å². The van der Waals surface area contributed by atoms with Crippen LogP contribution in [0.5, 0.6) is 0 Å². The second kappa shape index (κ2) is 5.54. The van der Waals surface area contributed by atoms with Gasteiger partial charge in [-0.15, -0.1) is 12.4 Å². The largest absolute Gasteiger partial charge is 0.341 e. The number of anilines is 1. The molecule has 1 atom stereocenters. The molecule has 0 spiro atoms. The molecule has 3 heterocycles. The van der Waals surface area contributed by atoms with Gasteiger partial charge in [-0.2, -0.15) is 4.98 Å². The Morgan fingerprint density at radius 3 is 3.06 bits per heavy atom. The average Bonchev–Trinajstić information content (AvgIpc) is 2.82. The van der Waals surface area contributed by atoms with Gasteiger partial charge < -0.3 is 15.2 Å². The van der Waals surface area contributed by atoms with Crippen molar-refractivity contribution in [3.05, 3.63) is 18.3 Å². The van der Waals surface area contributed by atoms with Crippen LogP contribution in [0.2, 0.25) is 0 Å². The van der Waals surface area contributed by atoms with Crippen molar-refractivity contribution < 1.29 is 0 Å². The number of pyridine rings is 1. The normalized spacial score (nSPS) is 19.5. The standard InChI is InChI=1S/C12H17N5.ClH/c1-17(9-4-2-6-13-8-9)12-15-10-5-3-7-14-11(10)16-12;/h3,5,7,9,13H,2,4,6,8H2,1H3,(H,14,15,16);1H/t9-;/m0./s1. The lowest BCUT2D eigenvalue weighted by Crippen LogP contribution is -2.44. The van der Waals surface area contributed by atoms with Crippen molar-refractivity contribution in [1.82, 2.24) is 20.3 Å². The van der Waals surface area contributed by atoms with Gasteiger partial charge >= 0.3 is 0 Å². The molecule has 0 amide bonds. The highest BCUT2D eigenvalue weighted by molar-refractivity contribution is 5.85. The summed E-state index contributed by atoms with van der Waals surface area (Å²) in [5, 5.41) is 3.42. The molecule has 0 saturated carbocycles. The van der Waals surface area contributed by atoms with E-state index in [0.29, 0.717) is 6.04 Å². The summed E-state index contributed by atoms with van der Waals surface area (Å²) in [6, 6.07) is 4.45. The summed E-state index contributed by atoms with van der Waals surface area (Å²) < 4.78 is 0. The second-order valence-electron chi connectivity index (χ2n) is 4.55. The number of fused-ring (bicyclic) bond motifs is 1. The molecule has 1 fully saturated rings. The molecule has 2 aromatic heterocycles. The van der Waals surface area contributed by atoms with E-state index < -0.39 is 0 Å². The third kappa shape index (κ3) is 2.42. The fourth-order valence-corrected chi connectivity index (χ4v) is 2.34. The van der Waals surface area contributed by atoms with E-state index in [1.807, 2.05) is 12.1 Å². The van der Waals surface area contributed by atoms with Gasteiger partial charge in [0.15, 0.2) is 5.65 Å². The fraction of sp³-hybridized carbons (Fsp3) is 0.500. The molecule has 0 aromatic carbocycles. The lowest BCUT2D eigenvalue weighted by atomic mass is 10.1.